The largest absolute Gasteiger partial charge is 0.492 e. The van der Waals surface area contributed by atoms with Crippen LogP contribution in [0.1, 0.15) is 26.3 Å². The minimum Gasteiger partial charge on any atom is -0.492 e. The van der Waals surface area contributed by atoms with Crippen molar-refractivity contribution in [1.29, 1.82) is 0 Å². The van der Waals surface area contributed by atoms with Crippen molar-refractivity contribution < 1.29 is 19.1 Å². The lowest BCUT2D eigenvalue weighted by molar-refractivity contribution is -0.117. The molecule has 3 N–H and O–H groups in total. The highest BCUT2D eigenvalue weighted by atomic mass is 16.6. The average molecular weight is 294 g/mol. The molecule has 0 fully saturated rings. The molecule has 0 aliphatic carbocycles. The highest BCUT2D eigenvalue weighted by Gasteiger charge is 2.15. The van der Waals surface area contributed by atoms with Crippen LogP contribution >= 0.6 is 0 Å². The number of nitrogens with one attached hydrogen (secondary N) is 1. The average Bonchev–Trinajstić information content (AvgIpc) is 2.34. The van der Waals surface area contributed by atoms with Crippen LogP contribution in [-0.2, 0) is 16.0 Å². The van der Waals surface area contributed by atoms with Gasteiger partial charge >= 0.3 is 6.09 Å². The van der Waals surface area contributed by atoms with E-state index in [1.54, 1.807) is 45.0 Å². The Labute approximate surface area is 124 Å². The summed E-state index contributed by atoms with van der Waals surface area (Å²) in [5.41, 5.74) is 5.43. The van der Waals surface area contributed by atoms with E-state index in [-0.39, 0.29) is 12.3 Å². The second-order valence-electron chi connectivity index (χ2n) is 5.56. The molecule has 0 saturated heterocycles. The fraction of sp³-hybridized carbons (Fsp3) is 0.467. The summed E-state index contributed by atoms with van der Waals surface area (Å²) in [6, 6.07) is 7.07. The molecule has 0 aromatic heterocycles. The first kappa shape index (κ1) is 16.8. The van der Waals surface area contributed by atoms with Crippen molar-refractivity contribution in [2.45, 2.75) is 32.8 Å². The molecule has 21 heavy (non-hydrogen) atoms. The normalized spacial score (nSPS) is 10.8. The first-order valence-corrected chi connectivity index (χ1v) is 6.73. The van der Waals surface area contributed by atoms with E-state index in [1.165, 1.54) is 0 Å². The van der Waals surface area contributed by atoms with Crippen LogP contribution in [0.4, 0.5) is 4.79 Å². The quantitative estimate of drug-likeness (QED) is 0.780. The number of rotatable bonds is 6. The van der Waals surface area contributed by atoms with E-state index in [2.05, 4.69) is 5.32 Å². The number of ether oxygens (including phenoxy) is 2. The van der Waals surface area contributed by atoms with Crippen LogP contribution in [-0.4, -0.2) is 30.8 Å². The van der Waals surface area contributed by atoms with Gasteiger partial charge in [0.2, 0.25) is 5.91 Å². The van der Waals surface area contributed by atoms with Gasteiger partial charge in [-0.05, 0) is 38.5 Å². The van der Waals surface area contributed by atoms with Crippen LogP contribution in [0.15, 0.2) is 24.3 Å². The van der Waals surface area contributed by atoms with Gasteiger partial charge in [-0.15, -0.1) is 0 Å². The van der Waals surface area contributed by atoms with E-state index in [9.17, 15) is 9.59 Å². The van der Waals surface area contributed by atoms with Crippen LogP contribution < -0.4 is 15.8 Å². The Morgan fingerprint density at radius 1 is 1.19 bits per heavy atom. The second-order valence-corrected chi connectivity index (χ2v) is 5.56. The van der Waals surface area contributed by atoms with Crippen molar-refractivity contribution in [3.63, 3.8) is 0 Å². The fourth-order valence-electron chi connectivity index (χ4n) is 1.54. The van der Waals surface area contributed by atoms with Gasteiger partial charge in [0, 0.05) is 0 Å². The van der Waals surface area contributed by atoms with Crippen molar-refractivity contribution in [3.8, 4) is 5.75 Å². The standard InChI is InChI=1S/C15H22N2O4/c1-15(2,3)21-14(19)17-8-9-20-12-6-4-11(5-7-12)10-13(16)18/h4-7H,8-10H2,1-3H3,(H2,16,18)(H,17,19). The molecule has 0 unspecified atom stereocenters. The summed E-state index contributed by atoms with van der Waals surface area (Å²) in [4.78, 5) is 22.2. The van der Waals surface area contributed by atoms with Crippen molar-refractivity contribution >= 4 is 12.0 Å². The van der Waals surface area contributed by atoms with Gasteiger partial charge in [-0.3, -0.25) is 4.79 Å². The summed E-state index contributed by atoms with van der Waals surface area (Å²) in [5.74, 6) is 0.291. The molecule has 0 spiro atoms. The van der Waals surface area contributed by atoms with Crippen molar-refractivity contribution in [2.75, 3.05) is 13.2 Å². The van der Waals surface area contributed by atoms with Gasteiger partial charge in [0.25, 0.3) is 0 Å². The summed E-state index contributed by atoms with van der Waals surface area (Å²) in [7, 11) is 0. The van der Waals surface area contributed by atoms with E-state index >= 15 is 0 Å². The van der Waals surface area contributed by atoms with Gasteiger partial charge < -0.3 is 20.5 Å². The molecule has 116 valence electrons. The van der Waals surface area contributed by atoms with Gasteiger partial charge in [-0.25, -0.2) is 4.79 Å². The molecule has 0 atom stereocenters. The zero-order chi connectivity index (χ0) is 15.9. The molecule has 2 amide bonds. The van der Waals surface area contributed by atoms with Gasteiger partial charge in [0.15, 0.2) is 0 Å². The molecule has 6 nitrogen and oxygen atoms in total. The maximum absolute atomic E-state index is 11.4. The van der Waals surface area contributed by atoms with Crippen LogP contribution in [0.5, 0.6) is 5.75 Å². The summed E-state index contributed by atoms with van der Waals surface area (Å²) < 4.78 is 10.6. The molecular weight excluding hydrogens is 272 g/mol. The van der Waals surface area contributed by atoms with Crippen LogP contribution in [0, 0.1) is 0 Å². The highest BCUT2D eigenvalue weighted by molar-refractivity contribution is 5.76. The van der Waals surface area contributed by atoms with Gasteiger partial charge in [-0.1, -0.05) is 12.1 Å². The van der Waals surface area contributed by atoms with E-state index in [4.69, 9.17) is 15.2 Å². The maximum atomic E-state index is 11.4. The molecule has 1 aromatic carbocycles. The molecule has 1 rings (SSSR count). The lowest BCUT2D eigenvalue weighted by Crippen LogP contribution is -2.34. The number of carbonyl (C=O) groups excluding carboxylic acids is 2. The topological polar surface area (TPSA) is 90.7 Å². The summed E-state index contributed by atoms with van der Waals surface area (Å²) in [5, 5.41) is 2.60. The first-order chi connectivity index (χ1) is 9.76. The molecule has 0 aliphatic rings. The third-order valence-electron chi connectivity index (χ3n) is 2.34. The fourth-order valence-corrected chi connectivity index (χ4v) is 1.54. The van der Waals surface area contributed by atoms with Crippen LogP contribution in [0.25, 0.3) is 0 Å². The molecule has 0 saturated carbocycles. The third-order valence-corrected chi connectivity index (χ3v) is 2.34. The highest BCUT2D eigenvalue weighted by Crippen LogP contribution is 2.12. The predicted molar refractivity (Wildman–Crippen MR) is 79.1 cm³/mol. The first-order valence-electron chi connectivity index (χ1n) is 6.73. The predicted octanol–water partition coefficient (Wildman–Crippen LogP) is 1.62. The molecule has 0 radical (unpaired) electrons. The number of nitrogens with two attached hydrogens (primary N) is 1. The van der Waals surface area contributed by atoms with E-state index in [0.717, 1.165) is 5.56 Å². The third kappa shape index (κ3) is 7.81. The number of carbonyl (C=O) groups is 2. The molecule has 0 aliphatic heterocycles. The molecule has 0 heterocycles. The van der Waals surface area contributed by atoms with E-state index in [0.29, 0.717) is 18.9 Å². The second kappa shape index (κ2) is 7.52. The number of hydrogen-bond donors (Lipinski definition) is 2. The Hall–Kier alpha value is -2.24. The Balaban J connectivity index is 2.27. The smallest absolute Gasteiger partial charge is 0.407 e. The molecule has 6 heteroatoms. The Bertz CT molecular complexity index is 477. The molecular formula is C15H22N2O4. The zero-order valence-corrected chi connectivity index (χ0v) is 12.6. The number of benzene rings is 1. The van der Waals surface area contributed by atoms with Crippen molar-refractivity contribution in [1.82, 2.24) is 5.32 Å². The lowest BCUT2D eigenvalue weighted by atomic mass is 10.1. The summed E-state index contributed by atoms with van der Waals surface area (Å²) >= 11 is 0. The Morgan fingerprint density at radius 2 is 1.81 bits per heavy atom. The lowest BCUT2D eigenvalue weighted by Gasteiger charge is -2.19. The maximum Gasteiger partial charge on any atom is 0.407 e. The number of alkyl carbamates (subject to hydrolysis) is 1. The number of primary amides is 1. The number of amides is 2. The van der Waals surface area contributed by atoms with Gasteiger partial charge in [0.1, 0.15) is 18.0 Å². The Morgan fingerprint density at radius 3 is 2.33 bits per heavy atom. The monoisotopic (exact) mass is 294 g/mol. The van der Waals surface area contributed by atoms with E-state index < -0.39 is 11.7 Å². The molecule has 0 bridgehead atoms. The van der Waals surface area contributed by atoms with Crippen LogP contribution in [0.3, 0.4) is 0 Å². The summed E-state index contributed by atoms with van der Waals surface area (Å²) in [6.07, 6.45) is -0.261. The van der Waals surface area contributed by atoms with Gasteiger partial charge in [-0.2, -0.15) is 0 Å². The molecule has 1 aromatic rings. The van der Waals surface area contributed by atoms with Gasteiger partial charge in [0.05, 0.1) is 13.0 Å². The minimum atomic E-state index is -0.513. The number of hydrogen-bond acceptors (Lipinski definition) is 4. The Kier molecular flexibility index (Phi) is 6.02. The SMILES string of the molecule is CC(C)(C)OC(=O)NCCOc1ccc(CC(N)=O)cc1. The summed E-state index contributed by atoms with van der Waals surface area (Å²) in [6.45, 7) is 6.08. The van der Waals surface area contributed by atoms with E-state index in [1.807, 2.05) is 0 Å². The van der Waals surface area contributed by atoms with Crippen molar-refractivity contribution in [2.24, 2.45) is 5.73 Å². The van der Waals surface area contributed by atoms with Crippen LogP contribution in [0.2, 0.25) is 0 Å². The zero-order valence-electron chi connectivity index (χ0n) is 12.6. The minimum absolute atomic E-state index is 0.209. The van der Waals surface area contributed by atoms with Crippen molar-refractivity contribution in [3.05, 3.63) is 29.8 Å².